The average Bonchev–Trinajstić information content (AvgIpc) is 3.13. The number of hydrogen-bond donors (Lipinski definition) is 1. The van der Waals surface area contributed by atoms with Crippen molar-refractivity contribution >= 4 is 10.9 Å². The lowest BCUT2D eigenvalue weighted by atomic mass is 9.99. The van der Waals surface area contributed by atoms with Crippen LogP contribution in [0.15, 0.2) is 36.7 Å². The Bertz CT molecular complexity index is 814. The second-order valence-electron chi connectivity index (χ2n) is 6.71. The monoisotopic (exact) mass is 308 g/mol. The van der Waals surface area contributed by atoms with Crippen LogP contribution >= 0.6 is 0 Å². The zero-order valence-electron chi connectivity index (χ0n) is 13.9. The Morgan fingerprint density at radius 1 is 1.30 bits per heavy atom. The van der Waals surface area contributed by atoms with Crippen LogP contribution in [0.5, 0.6) is 0 Å². The van der Waals surface area contributed by atoms with Gasteiger partial charge in [0.25, 0.3) is 0 Å². The van der Waals surface area contributed by atoms with E-state index in [9.17, 15) is 0 Å². The molecule has 1 N–H and O–H groups in total. The maximum Gasteiger partial charge on any atom is 0.125 e. The van der Waals surface area contributed by atoms with Crippen molar-refractivity contribution in [3.63, 3.8) is 0 Å². The Balaban J connectivity index is 1.66. The molecular weight excluding hydrogens is 284 g/mol. The van der Waals surface area contributed by atoms with Gasteiger partial charge in [0.15, 0.2) is 0 Å². The van der Waals surface area contributed by atoms with E-state index in [0.29, 0.717) is 6.04 Å². The molecule has 1 aromatic carbocycles. The summed E-state index contributed by atoms with van der Waals surface area (Å²) >= 11 is 0. The van der Waals surface area contributed by atoms with E-state index in [0.717, 1.165) is 13.1 Å². The molecule has 3 heterocycles. The molecule has 0 spiro atoms. The van der Waals surface area contributed by atoms with E-state index < -0.39 is 0 Å². The number of aromatic amines is 1. The molecule has 0 bridgehead atoms. The van der Waals surface area contributed by atoms with Gasteiger partial charge in [-0.2, -0.15) is 0 Å². The highest BCUT2D eigenvalue weighted by atomic mass is 15.2. The lowest BCUT2D eigenvalue weighted by molar-refractivity contribution is 0.132. The van der Waals surface area contributed by atoms with Crippen LogP contribution in [0.3, 0.4) is 0 Å². The fourth-order valence-corrected chi connectivity index (χ4v) is 3.89. The Morgan fingerprint density at radius 3 is 3.04 bits per heavy atom. The number of imidazole rings is 1. The summed E-state index contributed by atoms with van der Waals surface area (Å²) in [5.41, 5.74) is 3.88. The molecule has 1 atom stereocenters. The summed E-state index contributed by atoms with van der Waals surface area (Å²) < 4.78 is 2.17. The minimum Gasteiger partial charge on any atom is -0.359 e. The molecule has 23 heavy (non-hydrogen) atoms. The lowest BCUT2D eigenvalue weighted by Crippen LogP contribution is -2.34. The third-order valence-corrected chi connectivity index (χ3v) is 5.03. The van der Waals surface area contributed by atoms with Crippen molar-refractivity contribution < 1.29 is 0 Å². The van der Waals surface area contributed by atoms with Crippen LogP contribution < -0.4 is 0 Å². The number of hydrogen-bond acceptors (Lipinski definition) is 2. The maximum atomic E-state index is 4.61. The number of H-pyrrole nitrogens is 1. The Hall–Kier alpha value is -2.07. The lowest BCUT2D eigenvalue weighted by Gasteiger charge is -2.35. The van der Waals surface area contributed by atoms with Crippen LogP contribution in [0, 0.1) is 6.92 Å². The predicted octanol–water partition coefficient (Wildman–Crippen LogP) is 3.94. The molecule has 3 aromatic rings. The first-order valence-electron chi connectivity index (χ1n) is 8.51. The SMILES string of the molecule is Cc1cc2c(CN3CCCCC3c3nccn3C)cccc2[nH]1. The van der Waals surface area contributed by atoms with Crippen LogP contribution in [0.25, 0.3) is 10.9 Å². The summed E-state index contributed by atoms with van der Waals surface area (Å²) in [7, 11) is 2.10. The molecule has 120 valence electrons. The van der Waals surface area contributed by atoms with Gasteiger partial charge in [-0.1, -0.05) is 18.6 Å². The van der Waals surface area contributed by atoms with Gasteiger partial charge >= 0.3 is 0 Å². The highest BCUT2D eigenvalue weighted by Gasteiger charge is 2.27. The van der Waals surface area contributed by atoms with Gasteiger partial charge in [-0.05, 0) is 44.0 Å². The summed E-state index contributed by atoms with van der Waals surface area (Å²) in [5, 5.41) is 1.36. The van der Waals surface area contributed by atoms with E-state index in [1.165, 1.54) is 47.2 Å². The summed E-state index contributed by atoms with van der Waals surface area (Å²) in [6, 6.07) is 9.29. The molecule has 0 amide bonds. The van der Waals surface area contributed by atoms with E-state index in [1.807, 2.05) is 6.20 Å². The predicted molar refractivity (Wildman–Crippen MR) is 93.2 cm³/mol. The molecule has 4 nitrogen and oxygen atoms in total. The van der Waals surface area contributed by atoms with E-state index in [2.05, 4.69) is 63.9 Å². The van der Waals surface area contributed by atoms with Gasteiger partial charge in [0.1, 0.15) is 5.82 Å². The molecule has 4 rings (SSSR count). The van der Waals surface area contributed by atoms with Crippen LogP contribution in [0.4, 0.5) is 0 Å². The van der Waals surface area contributed by atoms with E-state index in [-0.39, 0.29) is 0 Å². The number of nitrogens with one attached hydrogen (secondary N) is 1. The van der Waals surface area contributed by atoms with Crippen LogP contribution in [0.2, 0.25) is 0 Å². The summed E-state index contributed by atoms with van der Waals surface area (Å²) in [4.78, 5) is 10.7. The van der Waals surface area contributed by atoms with Gasteiger partial charge in [-0.15, -0.1) is 0 Å². The van der Waals surface area contributed by atoms with Gasteiger partial charge in [0.2, 0.25) is 0 Å². The van der Waals surface area contributed by atoms with Crippen molar-refractivity contribution in [2.45, 2.75) is 38.8 Å². The Labute approximate surface area is 137 Å². The number of benzene rings is 1. The van der Waals surface area contributed by atoms with Crippen molar-refractivity contribution in [1.82, 2.24) is 19.4 Å². The molecule has 2 aromatic heterocycles. The van der Waals surface area contributed by atoms with E-state index in [1.54, 1.807) is 0 Å². The van der Waals surface area contributed by atoms with Gasteiger partial charge in [0.05, 0.1) is 6.04 Å². The molecule has 1 unspecified atom stereocenters. The third kappa shape index (κ3) is 2.68. The number of likely N-dealkylation sites (tertiary alicyclic amines) is 1. The standard InChI is InChI=1S/C19H24N4/c1-14-12-16-15(6-5-7-17(16)21-14)13-23-10-4-3-8-18(23)19-20-9-11-22(19)2/h5-7,9,11-12,18,21H,3-4,8,10,13H2,1-2H3. The second kappa shape index (κ2) is 5.85. The summed E-state index contributed by atoms with van der Waals surface area (Å²) in [6.45, 7) is 4.27. The number of fused-ring (bicyclic) bond motifs is 1. The minimum absolute atomic E-state index is 0.430. The zero-order chi connectivity index (χ0) is 15.8. The van der Waals surface area contributed by atoms with Gasteiger partial charge in [-0.25, -0.2) is 4.98 Å². The van der Waals surface area contributed by atoms with Crippen molar-refractivity contribution in [3.8, 4) is 0 Å². The quantitative estimate of drug-likeness (QED) is 0.796. The molecule has 1 saturated heterocycles. The first-order valence-corrected chi connectivity index (χ1v) is 8.51. The first-order chi connectivity index (χ1) is 11.2. The van der Waals surface area contributed by atoms with Gasteiger partial charge in [-0.3, -0.25) is 4.90 Å². The fraction of sp³-hybridized carbons (Fsp3) is 0.421. The maximum absolute atomic E-state index is 4.61. The van der Waals surface area contributed by atoms with E-state index in [4.69, 9.17) is 0 Å². The number of rotatable bonds is 3. The average molecular weight is 308 g/mol. The van der Waals surface area contributed by atoms with Crippen LogP contribution in [-0.2, 0) is 13.6 Å². The number of nitrogens with zero attached hydrogens (tertiary/aromatic N) is 3. The largest absolute Gasteiger partial charge is 0.359 e. The number of piperidine rings is 1. The third-order valence-electron chi connectivity index (χ3n) is 5.03. The summed E-state index contributed by atoms with van der Waals surface area (Å²) in [5.74, 6) is 1.20. The molecular formula is C19H24N4. The zero-order valence-corrected chi connectivity index (χ0v) is 13.9. The Morgan fingerprint density at radius 2 is 2.22 bits per heavy atom. The highest BCUT2D eigenvalue weighted by Crippen LogP contribution is 2.32. The second-order valence-corrected chi connectivity index (χ2v) is 6.71. The molecule has 0 saturated carbocycles. The van der Waals surface area contributed by atoms with Crippen molar-refractivity contribution in [2.75, 3.05) is 6.54 Å². The topological polar surface area (TPSA) is 36.9 Å². The van der Waals surface area contributed by atoms with Crippen molar-refractivity contribution in [2.24, 2.45) is 7.05 Å². The summed E-state index contributed by atoms with van der Waals surface area (Å²) in [6.07, 6.45) is 7.74. The van der Waals surface area contributed by atoms with Crippen LogP contribution in [-0.4, -0.2) is 26.0 Å². The van der Waals surface area contributed by atoms with Crippen LogP contribution in [0.1, 0.15) is 42.4 Å². The van der Waals surface area contributed by atoms with Gasteiger partial charge in [0, 0.05) is 42.6 Å². The molecule has 1 aliphatic heterocycles. The van der Waals surface area contributed by atoms with Crippen molar-refractivity contribution in [1.29, 1.82) is 0 Å². The Kier molecular flexibility index (Phi) is 3.69. The smallest absolute Gasteiger partial charge is 0.125 e. The molecule has 0 radical (unpaired) electrons. The number of aromatic nitrogens is 3. The molecule has 1 aliphatic rings. The molecule has 1 fully saturated rings. The van der Waals surface area contributed by atoms with Crippen molar-refractivity contribution in [3.05, 3.63) is 53.7 Å². The molecule has 4 heteroatoms. The van der Waals surface area contributed by atoms with E-state index >= 15 is 0 Å². The van der Waals surface area contributed by atoms with Gasteiger partial charge < -0.3 is 9.55 Å². The number of aryl methyl sites for hydroxylation is 2. The molecule has 0 aliphatic carbocycles. The minimum atomic E-state index is 0.430. The first kappa shape index (κ1) is 14.5. The highest BCUT2D eigenvalue weighted by molar-refractivity contribution is 5.83. The normalized spacial score (nSPS) is 19.5. The fourth-order valence-electron chi connectivity index (χ4n) is 3.89.